The third-order valence-electron chi connectivity index (χ3n) is 3.03. The maximum absolute atomic E-state index is 5.99. The van der Waals surface area contributed by atoms with Gasteiger partial charge in [0.05, 0.1) is 6.54 Å². The van der Waals surface area contributed by atoms with Gasteiger partial charge < -0.3 is 15.1 Å². The van der Waals surface area contributed by atoms with E-state index in [1.807, 2.05) is 36.4 Å². The fraction of sp³-hybridized carbons (Fsp3) is 0.375. The molecule has 0 aliphatic heterocycles. The van der Waals surface area contributed by atoms with Crippen molar-refractivity contribution in [2.24, 2.45) is 0 Å². The second-order valence-corrected chi connectivity index (χ2v) is 5.10. The average Bonchev–Trinajstić information content (AvgIpc) is 2.91. The Morgan fingerprint density at radius 1 is 1.05 bits per heavy atom. The number of hydrogen-bond donors (Lipinski definition) is 2. The second-order valence-electron chi connectivity index (χ2n) is 4.66. The normalized spacial score (nSPS) is 9.91. The number of nitrogens with one attached hydrogen (secondary N) is 2. The fourth-order valence-electron chi connectivity index (χ4n) is 2.00. The molecule has 2 rings (SSSR count). The Bertz CT molecular complexity index is 532. The number of benzene rings is 1. The average molecular weight is 366 g/mol. The Labute approximate surface area is 149 Å². The molecule has 0 unspecified atom stereocenters. The molecule has 0 aliphatic rings. The molecule has 0 amide bonds. The molecule has 1 heterocycles. The van der Waals surface area contributed by atoms with Gasteiger partial charge in [0.25, 0.3) is 0 Å². The number of rotatable bonds is 8. The molecular weight excluding hydrogens is 343 g/mol. The third-order valence-corrected chi connectivity index (χ3v) is 3.26. The van der Waals surface area contributed by atoms with E-state index in [9.17, 15) is 0 Å². The highest BCUT2D eigenvalue weighted by Gasteiger charge is 2.04. The van der Waals surface area contributed by atoms with Gasteiger partial charge in [0.15, 0.2) is 0 Å². The third kappa shape index (κ3) is 7.03. The van der Waals surface area contributed by atoms with Crippen LogP contribution in [-0.2, 0) is 6.54 Å². The van der Waals surface area contributed by atoms with Gasteiger partial charge in [-0.15, -0.1) is 24.8 Å². The number of halogens is 3. The van der Waals surface area contributed by atoms with Gasteiger partial charge in [-0.05, 0) is 50.3 Å². The first kappa shape index (κ1) is 21.3. The van der Waals surface area contributed by atoms with Crippen LogP contribution in [0.5, 0.6) is 0 Å². The molecule has 124 valence electrons. The Morgan fingerprint density at radius 3 is 2.55 bits per heavy atom. The smallest absolute Gasteiger partial charge is 0.134 e. The molecule has 3 nitrogen and oxygen atoms in total. The molecule has 0 bridgehead atoms. The zero-order chi connectivity index (χ0) is 14.2. The largest absolute Gasteiger partial charge is 0.460 e. The monoisotopic (exact) mass is 364 g/mol. The standard InChI is InChI=1S/C16H21ClN2O.2ClH/c1-2-18-9-4-10-19-12-15-7-8-16(20-15)13-5-3-6-14(17)11-13;;/h3,5-8,11,18-19H,2,4,9-10,12H2,1H3;2*1H. The summed E-state index contributed by atoms with van der Waals surface area (Å²) in [6.45, 7) is 5.94. The highest BCUT2D eigenvalue weighted by molar-refractivity contribution is 6.30. The van der Waals surface area contributed by atoms with Gasteiger partial charge in [0.2, 0.25) is 0 Å². The first-order chi connectivity index (χ1) is 9.79. The molecule has 0 atom stereocenters. The van der Waals surface area contributed by atoms with E-state index in [-0.39, 0.29) is 24.8 Å². The molecular formula is C16H23Cl3N2O. The van der Waals surface area contributed by atoms with E-state index in [1.54, 1.807) is 0 Å². The van der Waals surface area contributed by atoms with E-state index in [2.05, 4.69) is 17.6 Å². The van der Waals surface area contributed by atoms with Crippen molar-refractivity contribution in [3.05, 3.63) is 47.2 Å². The molecule has 0 aliphatic carbocycles. The van der Waals surface area contributed by atoms with Crippen molar-refractivity contribution in [3.8, 4) is 11.3 Å². The van der Waals surface area contributed by atoms with E-state index in [1.165, 1.54) is 0 Å². The topological polar surface area (TPSA) is 37.2 Å². The van der Waals surface area contributed by atoms with Gasteiger partial charge in [-0.25, -0.2) is 0 Å². The lowest BCUT2D eigenvalue weighted by Crippen LogP contribution is -2.21. The molecule has 0 saturated heterocycles. The number of furan rings is 1. The summed E-state index contributed by atoms with van der Waals surface area (Å²) in [5.74, 6) is 1.81. The van der Waals surface area contributed by atoms with E-state index in [0.29, 0.717) is 0 Å². The molecule has 2 N–H and O–H groups in total. The van der Waals surface area contributed by atoms with Gasteiger partial charge in [-0.2, -0.15) is 0 Å². The van der Waals surface area contributed by atoms with Gasteiger partial charge >= 0.3 is 0 Å². The van der Waals surface area contributed by atoms with Crippen LogP contribution in [0, 0.1) is 0 Å². The zero-order valence-corrected chi connectivity index (χ0v) is 15.0. The van der Waals surface area contributed by atoms with Crippen LogP contribution in [0.3, 0.4) is 0 Å². The molecule has 1 aromatic carbocycles. The van der Waals surface area contributed by atoms with Crippen LogP contribution < -0.4 is 10.6 Å². The maximum atomic E-state index is 5.99. The molecule has 2 aromatic rings. The highest BCUT2D eigenvalue weighted by atomic mass is 35.5. The molecule has 1 aromatic heterocycles. The highest BCUT2D eigenvalue weighted by Crippen LogP contribution is 2.24. The molecule has 22 heavy (non-hydrogen) atoms. The van der Waals surface area contributed by atoms with Crippen LogP contribution in [0.15, 0.2) is 40.8 Å². The van der Waals surface area contributed by atoms with Gasteiger partial charge in [-0.1, -0.05) is 30.7 Å². The Kier molecular flexibility index (Phi) is 11.4. The summed E-state index contributed by atoms with van der Waals surface area (Å²) in [6, 6.07) is 11.7. The molecule has 0 radical (unpaired) electrons. The van der Waals surface area contributed by atoms with Crippen LogP contribution in [0.2, 0.25) is 5.02 Å². The lowest BCUT2D eigenvalue weighted by molar-refractivity contribution is 0.488. The molecule has 6 heteroatoms. The minimum absolute atomic E-state index is 0. The van der Waals surface area contributed by atoms with Crippen LogP contribution in [0.4, 0.5) is 0 Å². The first-order valence-corrected chi connectivity index (χ1v) is 7.43. The van der Waals surface area contributed by atoms with Crippen molar-refractivity contribution in [2.45, 2.75) is 19.9 Å². The Hall–Kier alpha value is -0.710. The van der Waals surface area contributed by atoms with E-state index >= 15 is 0 Å². The van der Waals surface area contributed by atoms with Gasteiger partial charge in [0.1, 0.15) is 11.5 Å². The Balaban J connectivity index is 0.00000220. The predicted molar refractivity (Wildman–Crippen MR) is 98.5 cm³/mol. The van der Waals surface area contributed by atoms with Crippen LogP contribution >= 0.6 is 36.4 Å². The van der Waals surface area contributed by atoms with Crippen LogP contribution in [0.1, 0.15) is 19.1 Å². The molecule has 0 spiro atoms. The minimum atomic E-state index is 0. The summed E-state index contributed by atoms with van der Waals surface area (Å²) in [4.78, 5) is 0. The SMILES string of the molecule is CCNCCCNCc1ccc(-c2cccc(Cl)c2)o1.Cl.Cl. The lowest BCUT2D eigenvalue weighted by atomic mass is 10.2. The second kappa shape index (κ2) is 11.8. The molecule has 0 saturated carbocycles. The summed E-state index contributed by atoms with van der Waals surface area (Å²) in [7, 11) is 0. The predicted octanol–water partition coefficient (Wildman–Crippen LogP) is 4.53. The van der Waals surface area contributed by atoms with E-state index in [4.69, 9.17) is 16.0 Å². The lowest BCUT2D eigenvalue weighted by Gasteiger charge is -2.03. The summed E-state index contributed by atoms with van der Waals surface area (Å²) in [5.41, 5.74) is 1.01. The quantitative estimate of drug-likeness (QED) is 0.675. The van der Waals surface area contributed by atoms with Gasteiger partial charge in [-0.3, -0.25) is 0 Å². The summed E-state index contributed by atoms with van der Waals surface area (Å²) in [5, 5.41) is 7.40. The summed E-state index contributed by atoms with van der Waals surface area (Å²) in [6.07, 6.45) is 1.12. The van der Waals surface area contributed by atoms with Crippen molar-refractivity contribution >= 4 is 36.4 Å². The van der Waals surface area contributed by atoms with Crippen molar-refractivity contribution in [1.29, 1.82) is 0 Å². The van der Waals surface area contributed by atoms with Crippen molar-refractivity contribution in [3.63, 3.8) is 0 Å². The zero-order valence-electron chi connectivity index (χ0n) is 12.6. The Morgan fingerprint density at radius 2 is 1.82 bits per heavy atom. The minimum Gasteiger partial charge on any atom is -0.460 e. The first-order valence-electron chi connectivity index (χ1n) is 7.05. The van der Waals surface area contributed by atoms with Crippen LogP contribution in [0.25, 0.3) is 11.3 Å². The van der Waals surface area contributed by atoms with E-state index < -0.39 is 0 Å². The molecule has 0 fully saturated rings. The van der Waals surface area contributed by atoms with Crippen molar-refractivity contribution in [1.82, 2.24) is 10.6 Å². The fourth-order valence-corrected chi connectivity index (χ4v) is 2.19. The maximum Gasteiger partial charge on any atom is 0.134 e. The van der Waals surface area contributed by atoms with E-state index in [0.717, 1.165) is 54.7 Å². The van der Waals surface area contributed by atoms with Crippen molar-refractivity contribution < 1.29 is 4.42 Å². The van der Waals surface area contributed by atoms with Crippen molar-refractivity contribution in [2.75, 3.05) is 19.6 Å². The summed E-state index contributed by atoms with van der Waals surface area (Å²) >= 11 is 5.99. The number of hydrogen-bond acceptors (Lipinski definition) is 3. The van der Waals surface area contributed by atoms with Gasteiger partial charge in [0, 0.05) is 10.6 Å². The van der Waals surface area contributed by atoms with Crippen LogP contribution in [-0.4, -0.2) is 19.6 Å². The summed E-state index contributed by atoms with van der Waals surface area (Å²) < 4.78 is 5.82.